The fourth-order valence-corrected chi connectivity index (χ4v) is 1.43. The molecule has 0 bridgehead atoms. The second-order valence-corrected chi connectivity index (χ2v) is 3.86. The maximum Gasteiger partial charge on any atom is 0.229 e. The normalized spacial score (nSPS) is 12.1. The maximum atomic E-state index is 11.6. The molecule has 0 aromatic rings. The van der Waals surface area contributed by atoms with Gasteiger partial charge in [0.2, 0.25) is 5.91 Å². The molecule has 1 amide bonds. The lowest BCUT2D eigenvalue weighted by molar-refractivity contribution is -0.123. The van der Waals surface area contributed by atoms with E-state index < -0.39 is 0 Å². The quantitative estimate of drug-likeness (QED) is 0.502. The molecule has 1 unspecified atom stereocenters. The van der Waals surface area contributed by atoms with Crippen LogP contribution >= 0.6 is 12.2 Å². The molecule has 3 N–H and O–H groups in total. The van der Waals surface area contributed by atoms with Gasteiger partial charge in [0.1, 0.15) is 0 Å². The molecule has 0 spiro atoms. The van der Waals surface area contributed by atoms with Gasteiger partial charge in [-0.15, -0.1) is 0 Å². The van der Waals surface area contributed by atoms with Crippen LogP contribution in [-0.4, -0.2) is 17.4 Å². The molecule has 0 aliphatic rings. The van der Waals surface area contributed by atoms with E-state index >= 15 is 0 Å². The second-order valence-electron chi connectivity index (χ2n) is 3.39. The molecule has 4 heteroatoms. The van der Waals surface area contributed by atoms with Crippen LogP contribution < -0.4 is 11.1 Å². The second kappa shape index (κ2) is 7.74. The van der Waals surface area contributed by atoms with Crippen LogP contribution in [0.2, 0.25) is 0 Å². The molecule has 1 atom stereocenters. The molecule has 3 nitrogen and oxygen atoms in total. The maximum absolute atomic E-state index is 11.6. The fourth-order valence-electron chi connectivity index (χ4n) is 1.20. The highest BCUT2D eigenvalue weighted by atomic mass is 32.1. The van der Waals surface area contributed by atoms with Gasteiger partial charge in [0, 0.05) is 6.54 Å². The highest BCUT2D eigenvalue weighted by molar-refractivity contribution is 7.80. The van der Waals surface area contributed by atoms with E-state index in [2.05, 4.69) is 12.2 Å². The Balaban J connectivity index is 3.96. The van der Waals surface area contributed by atoms with E-state index in [1.165, 1.54) is 0 Å². The van der Waals surface area contributed by atoms with Crippen molar-refractivity contribution in [3.63, 3.8) is 0 Å². The number of nitrogens with one attached hydrogen (secondary N) is 1. The van der Waals surface area contributed by atoms with Crippen molar-refractivity contribution in [3.8, 4) is 0 Å². The number of carbonyl (C=O) groups is 1. The summed E-state index contributed by atoms with van der Waals surface area (Å²) in [4.78, 5) is 11.9. The number of hydrogen-bond donors (Lipinski definition) is 2. The average Bonchev–Trinajstić information content (AvgIpc) is 2.13. The monoisotopic (exact) mass is 216 g/mol. The Bertz CT molecular complexity index is 195. The van der Waals surface area contributed by atoms with E-state index in [0.717, 1.165) is 32.2 Å². The van der Waals surface area contributed by atoms with E-state index in [-0.39, 0.29) is 11.8 Å². The third kappa shape index (κ3) is 5.17. The molecular formula is C10H20N2OS. The topological polar surface area (TPSA) is 55.1 Å². The summed E-state index contributed by atoms with van der Waals surface area (Å²) in [7, 11) is 0. The Hall–Kier alpha value is -0.640. The van der Waals surface area contributed by atoms with Crippen molar-refractivity contribution in [3.05, 3.63) is 0 Å². The predicted molar refractivity (Wildman–Crippen MR) is 63.1 cm³/mol. The Morgan fingerprint density at radius 3 is 2.50 bits per heavy atom. The lowest BCUT2D eigenvalue weighted by atomic mass is 10.0. The van der Waals surface area contributed by atoms with Gasteiger partial charge in [0.25, 0.3) is 0 Å². The number of amides is 1. The average molecular weight is 216 g/mol. The summed E-state index contributed by atoms with van der Waals surface area (Å²) in [6.07, 6.45) is 3.74. The van der Waals surface area contributed by atoms with Gasteiger partial charge >= 0.3 is 0 Å². The third-order valence-electron chi connectivity index (χ3n) is 2.07. The van der Waals surface area contributed by atoms with Crippen LogP contribution in [0.1, 0.15) is 39.5 Å². The van der Waals surface area contributed by atoms with Crippen LogP contribution in [0, 0.1) is 5.92 Å². The molecule has 0 saturated heterocycles. The van der Waals surface area contributed by atoms with Gasteiger partial charge in [-0.05, 0) is 12.8 Å². The zero-order valence-corrected chi connectivity index (χ0v) is 9.82. The van der Waals surface area contributed by atoms with Crippen LogP contribution in [0.4, 0.5) is 0 Å². The Morgan fingerprint density at radius 1 is 1.43 bits per heavy atom. The highest BCUT2D eigenvalue weighted by Gasteiger charge is 2.19. The van der Waals surface area contributed by atoms with Crippen molar-refractivity contribution in [2.45, 2.75) is 39.5 Å². The van der Waals surface area contributed by atoms with Crippen LogP contribution in [0.15, 0.2) is 0 Å². The van der Waals surface area contributed by atoms with Crippen molar-refractivity contribution in [2.75, 3.05) is 6.54 Å². The Morgan fingerprint density at radius 2 is 2.07 bits per heavy atom. The fraction of sp³-hybridized carbons (Fsp3) is 0.800. The minimum atomic E-state index is -0.285. The number of nitrogens with two attached hydrogens (primary N) is 1. The Labute approximate surface area is 91.4 Å². The van der Waals surface area contributed by atoms with Crippen molar-refractivity contribution >= 4 is 23.1 Å². The summed E-state index contributed by atoms with van der Waals surface area (Å²) in [5, 5.41) is 2.84. The highest BCUT2D eigenvalue weighted by Crippen LogP contribution is 2.06. The lowest BCUT2D eigenvalue weighted by Crippen LogP contribution is -2.38. The Kier molecular flexibility index (Phi) is 7.38. The van der Waals surface area contributed by atoms with E-state index in [1.807, 2.05) is 6.92 Å². The van der Waals surface area contributed by atoms with Crippen molar-refractivity contribution in [1.82, 2.24) is 5.32 Å². The van der Waals surface area contributed by atoms with Gasteiger partial charge in [-0.2, -0.15) is 0 Å². The van der Waals surface area contributed by atoms with Crippen molar-refractivity contribution in [2.24, 2.45) is 11.7 Å². The summed E-state index contributed by atoms with van der Waals surface area (Å²) in [5.74, 6) is -0.306. The van der Waals surface area contributed by atoms with Crippen molar-refractivity contribution in [1.29, 1.82) is 0 Å². The SMILES string of the molecule is CCCCNC(=O)C(CCC)C(N)=S. The first-order valence-corrected chi connectivity index (χ1v) is 5.61. The van der Waals surface area contributed by atoms with Gasteiger partial charge < -0.3 is 11.1 Å². The van der Waals surface area contributed by atoms with Crippen molar-refractivity contribution < 1.29 is 4.79 Å². The number of thiocarbonyl (C=S) groups is 1. The summed E-state index contributed by atoms with van der Waals surface area (Å²) >= 11 is 4.85. The van der Waals surface area contributed by atoms with Crippen LogP contribution in [-0.2, 0) is 4.79 Å². The van der Waals surface area contributed by atoms with Crippen LogP contribution in [0.5, 0.6) is 0 Å². The number of unbranched alkanes of at least 4 members (excludes halogenated alkanes) is 1. The third-order valence-corrected chi connectivity index (χ3v) is 2.35. The van der Waals surface area contributed by atoms with Crippen LogP contribution in [0.25, 0.3) is 0 Å². The molecular weight excluding hydrogens is 196 g/mol. The first-order chi connectivity index (χ1) is 6.63. The van der Waals surface area contributed by atoms with Gasteiger partial charge in [-0.1, -0.05) is 38.9 Å². The minimum absolute atomic E-state index is 0.0206. The molecule has 0 aromatic heterocycles. The molecule has 82 valence electrons. The summed E-state index contributed by atoms with van der Waals surface area (Å²) in [6, 6.07) is 0. The summed E-state index contributed by atoms with van der Waals surface area (Å²) < 4.78 is 0. The zero-order valence-electron chi connectivity index (χ0n) is 9.01. The van der Waals surface area contributed by atoms with Crippen LogP contribution in [0.3, 0.4) is 0 Å². The van der Waals surface area contributed by atoms with Gasteiger partial charge in [0.15, 0.2) is 0 Å². The van der Waals surface area contributed by atoms with E-state index in [4.69, 9.17) is 18.0 Å². The molecule has 0 aliphatic carbocycles. The summed E-state index contributed by atoms with van der Waals surface area (Å²) in [5.41, 5.74) is 5.50. The number of rotatable bonds is 7. The van der Waals surface area contributed by atoms with Gasteiger partial charge in [0.05, 0.1) is 10.9 Å². The smallest absolute Gasteiger partial charge is 0.229 e. The first kappa shape index (κ1) is 13.4. The van der Waals surface area contributed by atoms with Gasteiger partial charge in [-0.3, -0.25) is 4.79 Å². The molecule has 0 aliphatic heterocycles. The first-order valence-electron chi connectivity index (χ1n) is 5.20. The standard InChI is InChI=1S/C10H20N2OS/c1-3-5-7-12-10(13)8(6-4-2)9(11)14/h8H,3-7H2,1-2H3,(H2,11,14)(H,12,13). The number of carbonyl (C=O) groups excluding carboxylic acids is 1. The molecule has 0 fully saturated rings. The molecule has 0 radical (unpaired) electrons. The minimum Gasteiger partial charge on any atom is -0.393 e. The summed E-state index contributed by atoms with van der Waals surface area (Å²) in [6.45, 7) is 4.83. The number of hydrogen-bond acceptors (Lipinski definition) is 2. The molecule has 0 saturated carbocycles. The van der Waals surface area contributed by atoms with E-state index in [9.17, 15) is 4.79 Å². The molecule has 0 aromatic carbocycles. The molecule has 14 heavy (non-hydrogen) atoms. The molecule has 0 rings (SSSR count). The predicted octanol–water partition coefficient (Wildman–Crippen LogP) is 1.61. The van der Waals surface area contributed by atoms with Gasteiger partial charge in [-0.25, -0.2) is 0 Å². The van der Waals surface area contributed by atoms with E-state index in [0.29, 0.717) is 4.99 Å². The lowest BCUT2D eigenvalue weighted by Gasteiger charge is -2.14. The zero-order chi connectivity index (χ0) is 11.0. The largest absolute Gasteiger partial charge is 0.393 e. The molecule has 0 heterocycles. The van der Waals surface area contributed by atoms with E-state index in [1.54, 1.807) is 0 Å².